The lowest BCUT2D eigenvalue weighted by atomic mass is 10.0. The summed E-state index contributed by atoms with van der Waals surface area (Å²) in [7, 11) is 0. The van der Waals surface area contributed by atoms with Crippen LogP contribution < -0.4 is 15.5 Å². The van der Waals surface area contributed by atoms with Gasteiger partial charge in [-0.15, -0.1) is 0 Å². The van der Waals surface area contributed by atoms with Gasteiger partial charge in [0.15, 0.2) is 0 Å². The summed E-state index contributed by atoms with van der Waals surface area (Å²) in [5.74, 6) is -0.380. The van der Waals surface area contributed by atoms with E-state index in [0.717, 1.165) is 11.1 Å². The van der Waals surface area contributed by atoms with E-state index < -0.39 is 11.8 Å². The molecule has 0 heterocycles. The lowest BCUT2D eigenvalue weighted by Crippen LogP contribution is -2.37. The zero-order chi connectivity index (χ0) is 19.6. The number of hydrogen-bond acceptors (Lipinski definition) is 4. The number of hydrogen-bond donors (Lipinski definition) is 2. The second kappa shape index (κ2) is 10.1. The molecule has 6 nitrogen and oxygen atoms in total. The van der Waals surface area contributed by atoms with Crippen molar-refractivity contribution >= 4 is 18.0 Å². The van der Waals surface area contributed by atoms with Crippen molar-refractivity contribution < 1.29 is 14.3 Å². The third kappa shape index (κ3) is 6.58. The van der Waals surface area contributed by atoms with E-state index >= 15 is 0 Å². The second-order valence-corrected chi connectivity index (χ2v) is 6.28. The van der Waals surface area contributed by atoms with Crippen LogP contribution in [0.2, 0.25) is 0 Å². The minimum atomic E-state index is -0.814. The van der Waals surface area contributed by atoms with E-state index in [-0.39, 0.29) is 6.54 Å². The van der Waals surface area contributed by atoms with Crippen molar-refractivity contribution in [1.29, 1.82) is 0 Å². The molecule has 0 saturated carbocycles. The van der Waals surface area contributed by atoms with Gasteiger partial charge in [0.2, 0.25) is 0 Å². The van der Waals surface area contributed by atoms with E-state index in [2.05, 4.69) is 29.7 Å². The number of benzene rings is 2. The molecule has 0 saturated heterocycles. The number of rotatable bonds is 7. The van der Waals surface area contributed by atoms with Crippen LogP contribution in [-0.2, 0) is 16.1 Å². The van der Waals surface area contributed by atoms with Gasteiger partial charge in [0, 0.05) is 6.54 Å². The highest BCUT2D eigenvalue weighted by molar-refractivity contribution is 6.35. The first-order valence-electron chi connectivity index (χ1n) is 8.92. The van der Waals surface area contributed by atoms with E-state index in [1.165, 1.54) is 11.8 Å². The zero-order valence-corrected chi connectivity index (χ0v) is 15.9. The van der Waals surface area contributed by atoms with Crippen molar-refractivity contribution in [2.24, 2.45) is 5.10 Å². The summed E-state index contributed by atoms with van der Waals surface area (Å²) in [4.78, 5) is 23.7. The van der Waals surface area contributed by atoms with Gasteiger partial charge in [-0.25, -0.2) is 5.43 Å². The summed E-state index contributed by atoms with van der Waals surface area (Å²) in [6.45, 7) is 6.99. The van der Waals surface area contributed by atoms with Crippen LogP contribution in [0.15, 0.2) is 53.6 Å². The molecule has 6 heteroatoms. The fraction of sp³-hybridized carbons (Fsp3) is 0.286. The normalized spacial score (nSPS) is 10.8. The van der Waals surface area contributed by atoms with Crippen LogP contribution in [0.25, 0.3) is 0 Å². The van der Waals surface area contributed by atoms with Crippen LogP contribution in [0, 0.1) is 0 Å². The van der Waals surface area contributed by atoms with Gasteiger partial charge in [-0.3, -0.25) is 9.59 Å². The molecule has 0 aromatic heterocycles. The van der Waals surface area contributed by atoms with Crippen LogP contribution in [0.4, 0.5) is 0 Å². The van der Waals surface area contributed by atoms with Gasteiger partial charge in [-0.2, -0.15) is 5.10 Å². The molecular weight excluding hydrogens is 342 g/mol. The van der Waals surface area contributed by atoms with Gasteiger partial charge in [-0.1, -0.05) is 50.2 Å². The Labute approximate surface area is 159 Å². The molecule has 0 bridgehead atoms. The van der Waals surface area contributed by atoms with Gasteiger partial charge in [-0.05, 0) is 41.7 Å². The lowest BCUT2D eigenvalue weighted by Gasteiger charge is -2.07. The Kier molecular flexibility index (Phi) is 7.55. The van der Waals surface area contributed by atoms with Gasteiger partial charge in [0.25, 0.3) is 0 Å². The highest BCUT2D eigenvalue weighted by Crippen LogP contribution is 2.14. The standard InChI is InChI=1S/C21H25N3O3/c1-4-27-19-7-5-6-17(12-19)14-23-24-21(26)20(25)22-13-16-8-10-18(11-9-16)15(2)3/h5-12,14-15H,4,13H2,1-3H3,(H,22,25)(H,24,26)/b23-14-. The van der Waals surface area contributed by atoms with Crippen LogP contribution in [0.3, 0.4) is 0 Å². The summed E-state index contributed by atoms with van der Waals surface area (Å²) in [5.41, 5.74) is 5.13. The van der Waals surface area contributed by atoms with Crippen LogP contribution in [-0.4, -0.2) is 24.6 Å². The maximum atomic E-state index is 11.9. The van der Waals surface area contributed by atoms with Gasteiger partial charge >= 0.3 is 11.8 Å². The molecule has 27 heavy (non-hydrogen) atoms. The minimum Gasteiger partial charge on any atom is -0.494 e. The number of nitrogens with zero attached hydrogens (tertiary/aromatic N) is 1. The fourth-order valence-corrected chi connectivity index (χ4v) is 2.35. The molecule has 0 unspecified atom stereocenters. The quantitative estimate of drug-likeness (QED) is 0.449. The first-order valence-corrected chi connectivity index (χ1v) is 8.92. The number of hydrazone groups is 1. The highest BCUT2D eigenvalue weighted by atomic mass is 16.5. The molecule has 0 fully saturated rings. The third-order valence-electron chi connectivity index (χ3n) is 3.85. The maximum Gasteiger partial charge on any atom is 0.329 e. The monoisotopic (exact) mass is 367 g/mol. The molecule has 2 N–H and O–H groups in total. The minimum absolute atomic E-state index is 0.282. The number of carbonyl (C=O) groups excluding carboxylic acids is 2. The fourth-order valence-electron chi connectivity index (χ4n) is 2.35. The first-order chi connectivity index (χ1) is 13.0. The molecular formula is C21H25N3O3. The molecule has 142 valence electrons. The summed E-state index contributed by atoms with van der Waals surface area (Å²) in [6.07, 6.45) is 1.46. The Balaban J connectivity index is 1.81. The third-order valence-corrected chi connectivity index (χ3v) is 3.85. The largest absolute Gasteiger partial charge is 0.494 e. The summed E-state index contributed by atoms with van der Waals surface area (Å²) in [5, 5.41) is 6.39. The van der Waals surface area contributed by atoms with E-state index in [0.29, 0.717) is 18.3 Å². The molecule has 0 radical (unpaired) electrons. The Morgan fingerprint density at radius 1 is 1.11 bits per heavy atom. The highest BCUT2D eigenvalue weighted by Gasteiger charge is 2.12. The average molecular weight is 367 g/mol. The van der Waals surface area contributed by atoms with Crippen LogP contribution in [0.5, 0.6) is 5.75 Å². The smallest absolute Gasteiger partial charge is 0.329 e. The molecule has 2 amide bonds. The molecule has 0 atom stereocenters. The number of carbonyl (C=O) groups is 2. The van der Waals surface area contributed by atoms with E-state index in [1.54, 1.807) is 6.07 Å². The molecule has 0 aliphatic rings. The SMILES string of the molecule is CCOc1cccc(/C=N\NC(=O)C(=O)NCc2ccc(C(C)C)cc2)c1. The van der Waals surface area contributed by atoms with Crippen molar-refractivity contribution in [2.45, 2.75) is 33.2 Å². The van der Waals surface area contributed by atoms with E-state index in [1.807, 2.05) is 49.4 Å². The molecule has 2 aromatic rings. The first kappa shape index (κ1) is 20.2. The van der Waals surface area contributed by atoms with Gasteiger partial charge in [0.05, 0.1) is 12.8 Å². The van der Waals surface area contributed by atoms with Crippen molar-refractivity contribution in [3.63, 3.8) is 0 Å². The predicted octanol–water partition coefficient (Wildman–Crippen LogP) is 2.98. The average Bonchev–Trinajstić information content (AvgIpc) is 2.67. The van der Waals surface area contributed by atoms with Gasteiger partial charge in [0.1, 0.15) is 5.75 Å². The second-order valence-electron chi connectivity index (χ2n) is 6.28. The Morgan fingerprint density at radius 3 is 2.52 bits per heavy atom. The van der Waals surface area contributed by atoms with Crippen LogP contribution in [0.1, 0.15) is 43.4 Å². The molecule has 0 aliphatic carbocycles. The Morgan fingerprint density at radius 2 is 1.85 bits per heavy atom. The Hall–Kier alpha value is -3.15. The van der Waals surface area contributed by atoms with Crippen molar-refractivity contribution in [1.82, 2.24) is 10.7 Å². The molecule has 2 aromatic carbocycles. The summed E-state index contributed by atoms with van der Waals surface area (Å²) >= 11 is 0. The van der Waals surface area contributed by atoms with Crippen LogP contribution >= 0.6 is 0 Å². The lowest BCUT2D eigenvalue weighted by molar-refractivity contribution is -0.139. The number of amides is 2. The number of ether oxygens (including phenoxy) is 1. The van der Waals surface area contributed by atoms with E-state index in [4.69, 9.17) is 4.74 Å². The molecule has 0 spiro atoms. The topological polar surface area (TPSA) is 79.8 Å². The zero-order valence-electron chi connectivity index (χ0n) is 15.9. The summed E-state index contributed by atoms with van der Waals surface area (Å²) < 4.78 is 5.39. The van der Waals surface area contributed by atoms with Crippen molar-refractivity contribution in [2.75, 3.05) is 6.61 Å². The van der Waals surface area contributed by atoms with E-state index in [9.17, 15) is 9.59 Å². The van der Waals surface area contributed by atoms with Gasteiger partial charge < -0.3 is 10.1 Å². The maximum absolute atomic E-state index is 11.9. The number of nitrogens with one attached hydrogen (secondary N) is 2. The molecule has 2 rings (SSSR count). The van der Waals surface area contributed by atoms with Crippen molar-refractivity contribution in [3.8, 4) is 5.75 Å². The predicted molar refractivity (Wildman–Crippen MR) is 106 cm³/mol. The molecule has 0 aliphatic heterocycles. The van der Waals surface area contributed by atoms with Crippen molar-refractivity contribution in [3.05, 3.63) is 65.2 Å². The summed E-state index contributed by atoms with van der Waals surface area (Å²) in [6, 6.07) is 15.2. The Bertz CT molecular complexity index is 799.